The molecule has 0 bridgehead atoms. The van der Waals surface area contributed by atoms with Crippen LogP contribution < -0.4 is 5.32 Å². The lowest BCUT2D eigenvalue weighted by atomic mass is 10.1. The second-order valence-electron chi connectivity index (χ2n) is 4.47. The van der Waals surface area contributed by atoms with Crippen LogP contribution in [0.5, 0.6) is 0 Å². The van der Waals surface area contributed by atoms with Crippen LogP contribution >= 0.6 is 0 Å². The number of aliphatic carboxylic acids is 1. The fourth-order valence-corrected chi connectivity index (χ4v) is 1.65. The number of carbonyl (C=O) groups is 1. The van der Waals surface area contributed by atoms with Gasteiger partial charge in [0.15, 0.2) is 0 Å². The summed E-state index contributed by atoms with van der Waals surface area (Å²) >= 11 is 0. The number of carboxylic acids is 1. The smallest absolute Gasteiger partial charge is 0.325 e. The minimum absolute atomic E-state index is 0.268. The number of hydrogen-bond donors (Lipinski definition) is 2. The van der Waals surface area contributed by atoms with Gasteiger partial charge in [-0.15, -0.1) is 10.2 Å². The first kappa shape index (κ1) is 13.9. The molecule has 2 aromatic rings. The molecule has 1 atom stereocenters. The van der Waals surface area contributed by atoms with Crippen LogP contribution in [0.1, 0.15) is 12.5 Å². The van der Waals surface area contributed by atoms with E-state index < -0.39 is 12.0 Å². The van der Waals surface area contributed by atoms with Gasteiger partial charge in [-0.2, -0.15) is 0 Å². The summed E-state index contributed by atoms with van der Waals surface area (Å²) in [5.41, 5.74) is 1.89. The Morgan fingerprint density at radius 2 is 2.05 bits per heavy atom. The van der Waals surface area contributed by atoms with Crippen molar-refractivity contribution in [2.24, 2.45) is 0 Å². The van der Waals surface area contributed by atoms with E-state index in [0.717, 1.165) is 5.56 Å². The van der Waals surface area contributed by atoms with E-state index in [1.807, 2.05) is 0 Å². The average molecular weight is 275 g/mol. The summed E-state index contributed by atoms with van der Waals surface area (Å²) in [6, 6.07) is 7.29. The number of carboxylic acid groups (broad SMARTS) is 1. The molecule has 2 N–H and O–H groups in total. The highest BCUT2D eigenvalue weighted by molar-refractivity contribution is 5.76. The number of nitrogens with zero attached hydrogens (tertiary/aromatic N) is 2. The van der Waals surface area contributed by atoms with Crippen LogP contribution in [0.15, 0.2) is 30.3 Å². The Morgan fingerprint density at radius 3 is 2.60 bits per heavy atom. The van der Waals surface area contributed by atoms with Crippen LogP contribution in [0, 0.1) is 12.7 Å². The van der Waals surface area contributed by atoms with Gasteiger partial charge in [-0.25, -0.2) is 4.39 Å². The van der Waals surface area contributed by atoms with Crippen molar-refractivity contribution in [1.82, 2.24) is 10.2 Å². The minimum atomic E-state index is -0.968. The Kier molecular flexibility index (Phi) is 3.93. The lowest BCUT2D eigenvalue weighted by Crippen LogP contribution is -2.25. The maximum atomic E-state index is 13.2. The van der Waals surface area contributed by atoms with Crippen molar-refractivity contribution >= 4 is 11.8 Å². The molecule has 0 aliphatic rings. The molecule has 2 rings (SSSR count). The molecule has 1 heterocycles. The number of rotatable bonds is 4. The molecule has 1 unspecified atom stereocenters. The summed E-state index contributed by atoms with van der Waals surface area (Å²) in [6.07, 6.45) is 0. The Morgan fingerprint density at radius 1 is 1.30 bits per heavy atom. The third-order valence-corrected chi connectivity index (χ3v) is 2.85. The van der Waals surface area contributed by atoms with Crippen LogP contribution in [0.25, 0.3) is 11.3 Å². The third-order valence-electron chi connectivity index (χ3n) is 2.85. The molecule has 0 saturated carbocycles. The van der Waals surface area contributed by atoms with Crippen LogP contribution in [0.4, 0.5) is 10.2 Å². The van der Waals surface area contributed by atoms with Crippen LogP contribution in [-0.2, 0) is 4.79 Å². The molecule has 0 aliphatic carbocycles. The maximum Gasteiger partial charge on any atom is 0.325 e. The minimum Gasteiger partial charge on any atom is -0.480 e. The second-order valence-corrected chi connectivity index (χ2v) is 4.47. The van der Waals surface area contributed by atoms with Crippen LogP contribution in [-0.4, -0.2) is 27.3 Å². The fraction of sp³-hybridized carbons (Fsp3) is 0.214. The van der Waals surface area contributed by atoms with E-state index in [2.05, 4.69) is 15.5 Å². The molecule has 0 fully saturated rings. The first-order chi connectivity index (χ1) is 9.47. The molecule has 0 amide bonds. The van der Waals surface area contributed by atoms with E-state index in [-0.39, 0.29) is 5.82 Å². The lowest BCUT2D eigenvalue weighted by Gasteiger charge is -2.09. The maximum absolute atomic E-state index is 13.2. The summed E-state index contributed by atoms with van der Waals surface area (Å²) in [7, 11) is 0. The molecule has 5 nitrogen and oxygen atoms in total. The van der Waals surface area contributed by atoms with Gasteiger partial charge in [-0.3, -0.25) is 4.79 Å². The Bertz CT molecular complexity index is 629. The summed E-state index contributed by atoms with van der Waals surface area (Å²) in [5, 5.41) is 19.4. The number of halogens is 1. The molecule has 6 heteroatoms. The van der Waals surface area contributed by atoms with Gasteiger partial charge in [0.2, 0.25) is 0 Å². The van der Waals surface area contributed by atoms with E-state index in [1.165, 1.54) is 13.0 Å². The number of benzene rings is 1. The molecule has 0 radical (unpaired) electrons. The van der Waals surface area contributed by atoms with E-state index in [9.17, 15) is 9.18 Å². The number of anilines is 1. The van der Waals surface area contributed by atoms with Crippen molar-refractivity contribution in [2.45, 2.75) is 19.9 Å². The first-order valence-electron chi connectivity index (χ1n) is 6.07. The van der Waals surface area contributed by atoms with Crippen molar-refractivity contribution in [3.63, 3.8) is 0 Å². The highest BCUT2D eigenvalue weighted by Gasteiger charge is 2.11. The average Bonchev–Trinajstić information content (AvgIpc) is 2.42. The monoisotopic (exact) mass is 275 g/mol. The Hall–Kier alpha value is -2.50. The summed E-state index contributed by atoms with van der Waals surface area (Å²) in [6.45, 7) is 3.19. The molecule has 1 aromatic carbocycles. The van der Waals surface area contributed by atoms with Gasteiger partial charge in [-0.05, 0) is 49.7 Å². The Balaban J connectivity index is 2.19. The second kappa shape index (κ2) is 5.64. The van der Waals surface area contributed by atoms with Gasteiger partial charge in [0.1, 0.15) is 17.7 Å². The number of hydrogen-bond acceptors (Lipinski definition) is 4. The normalized spacial score (nSPS) is 11.9. The molecule has 0 saturated heterocycles. The van der Waals surface area contributed by atoms with Gasteiger partial charge in [-0.1, -0.05) is 0 Å². The van der Waals surface area contributed by atoms with Gasteiger partial charge in [0, 0.05) is 5.56 Å². The quantitative estimate of drug-likeness (QED) is 0.896. The van der Waals surface area contributed by atoms with Crippen molar-refractivity contribution in [3.05, 3.63) is 41.7 Å². The number of nitrogens with one attached hydrogen (secondary N) is 1. The largest absolute Gasteiger partial charge is 0.480 e. The molecular formula is C14H14FN3O2. The summed E-state index contributed by atoms with van der Waals surface area (Å²) in [4.78, 5) is 10.7. The predicted molar refractivity (Wildman–Crippen MR) is 72.9 cm³/mol. The molecular weight excluding hydrogens is 261 g/mol. The van der Waals surface area contributed by atoms with E-state index in [1.54, 1.807) is 31.2 Å². The van der Waals surface area contributed by atoms with Crippen molar-refractivity contribution in [1.29, 1.82) is 0 Å². The fourth-order valence-electron chi connectivity index (χ4n) is 1.65. The van der Waals surface area contributed by atoms with Crippen molar-refractivity contribution in [2.75, 3.05) is 5.32 Å². The van der Waals surface area contributed by atoms with Gasteiger partial charge >= 0.3 is 5.97 Å². The zero-order valence-electron chi connectivity index (χ0n) is 11.1. The molecule has 20 heavy (non-hydrogen) atoms. The zero-order chi connectivity index (χ0) is 14.7. The molecule has 0 spiro atoms. The summed E-state index contributed by atoms with van der Waals surface area (Å²) in [5.74, 6) is -0.859. The highest BCUT2D eigenvalue weighted by atomic mass is 19.1. The van der Waals surface area contributed by atoms with Gasteiger partial charge in [0.25, 0.3) is 0 Å². The van der Waals surface area contributed by atoms with Crippen LogP contribution in [0.3, 0.4) is 0 Å². The SMILES string of the molecule is Cc1cc(-c2ccc(NC(C)C(=O)O)nn2)ccc1F. The van der Waals surface area contributed by atoms with Gasteiger partial charge < -0.3 is 10.4 Å². The predicted octanol–water partition coefficient (Wildman–Crippen LogP) is 2.48. The molecule has 0 aliphatic heterocycles. The highest BCUT2D eigenvalue weighted by Crippen LogP contribution is 2.20. The zero-order valence-corrected chi connectivity index (χ0v) is 11.1. The van der Waals surface area contributed by atoms with Gasteiger partial charge in [0.05, 0.1) is 5.69 Å². The van der Waals surface area contributed by atoms with Crippen molar-refractivity contribution < 1.29 is 14.3 Å². The number of aryl methyl sites for hydroxylation is 1. The molecule has 1 aromatic heterocycles. The standard InChI is InChI=1S/C14H14FN3O2/c1-8-7-10(3-4-11(8)15)12-5-6-13(18-17-12)16-9(2)14(19)20/h3-7,9H,1-2H3,(H,16,18)(H,19,20). The van der Waals surface area contributed by atoms with E-state index in [0.29, 0.717) is 17.1 Å². The summed E-state index contributed by atoms with van der Waals surface area (Å²) < 4.78 is 13.2. The first-order valence-corrected chi connectivity index (χ1v) is 6.07. The van der Waals surface area contributed by atoms with E-state index in [4.69, 9.17) is 5.11 Å². The number of aromatic nitrogens is 2. The van der Waals surface area contributed by atoms with E-state index >= 15 is 0 Å². The Labute approximate surface area is 115 Å². The third kappa shape index (κ3) is 3.09. The lowest BCUT2D eigenvalue weighted by molar-refractivity contribution is -0.137. The van der Waals surface area contributed by atoms with Crippen molar-refractivity contribution in [3.8, 4) is 11.3 Å². The molecule has 104 valence electrons. The topological polar surface area (TPSA) is 75.1 Å². The van der Waals surface area contributed by atoms with Crippen LogP contribution in [0.2, 0.25) is 0 Å².